The molecule has 3 unspecified atom stereocenters. The minimum Gasteiger partial charge on any atom is -0.481 e. The van der Waals surface area contributed by atoms with Crippen LogP contribution in [0.3, 0.4) is 0 Å². The number of aromatic nitrogens is 1. The Hall–Kier alpha value is -3.36. The fourth-order valence-electron chi connectivity index (χ4n) is 7.77. The number of hydrogen-bond donors (Lipinski definition) is 2. The number of carbonyl (C=O) groups is 2. The maximum absolute atomic E-state index is 14.9. The maximum atomic E-state index is 14.9. The molecule has 2 bridgehead atoms. The third-order valence-corrected chi connectivity index (χ3v) is 9.04. The van der Waals surface area contributed by atoms with Crippen LogP contribution in [-0.4, -0.2) is 27.6 Å². The molecule has 2 spiro atoms. The Bertz CT molecular complexity index is 1440. The molecule has 3 aromatic rings. The van der Waals surface area contributed by atoms with Crippen molar-refractivity contribution in [3.8, 4) is 0 Å². The van der Waals surface area contributed by atoms with Crippen molar-refractivity contribution in [2.45, 2.75) is 31.6 Å². The molecule has 5 saturated carbocycles. The van der Waals surface area contributed by atoms with Crippen molar-refractivity contribution in [2.75, 3.05) is 0 Å². The van der Waals surface area contributed by atoms with E-state index in [0.717, 1.165) is 18.6 Å². The van der Waals surface area contributed by atoms with Gasteiger partial charge in [0.25, 0.3) is 5.91 Å². The smallest absolute Gasteiger partial charge is 0.416 e. The highest BCUT2D eigenvalue weighted by Crippen LogP contribution is 3.17. The number of nitrogens with zero attached hydrogens (tertiary/aromatic N) is 1. The number of alkyl halides is 3. The van der Waals surface area contributed by atoms with Gasteiger partial charge in [-0.15, -0.1) is 0 Å². The number of nitrogens with one attached hydrogen (secondary N) is 1. The highest BCUT2D eigenvalue weighted by atomic mass is 19.4. The third-order valence-electron chi connectivity index (χ3n) is 9.04. The van der Waals surface area contributed by atoms with E-state index in [1.165, 1.54) is 18.2 Å². The van der Waals surface area contributed by atoms with Gasteiger partial charge in [0.2, 0.25) is 0 Å². The Morgan fingerprint density at radius 2 is 1.85 bits per heavy atom. The molecule has 2 aromatic carbocycles. The molecular weight excluding hydrogens is 452 g/mol. The van der Waals surface area contributed by atoms with Crippen LogP contribution in [0.2, 0.25) is 0 Å². The number of carboxylic acids is 1. The molecule has 5 atom stereocenters. The quantitative estimate of drug-likeness (QED) is 0.542. The van der Waals surface area contributed by atoms with Crippen molar-refractivity contribution in [3.63, 3.8) is 0 Å². The Morgan fingerprint density at radius 1 is 1.12 bits per heavy atom. The standard InChI is InChI=1S/C25H18F4N2O3/c26-15-6-3-13-7-8-31(10-12-1-4-14(5-2-12)25(27,28)29)18(13)17(15)19(32)30-16-9-22-11-23(21(33)34)20(22)24(16,22)23/h1-8,16,20H,9-11H2,(H,30,32)(H,33,34)/t16?,20-,22?,23?,24+/m1/s1. The number of fused-ring (bicyclic) bond motifs is 1. The number of amides is 1. The molecule has 5 aliphatic carbocycles. The van der Waals surface area contributed by atoms with Crippen LogP contribution < -0.4 is 5.32 Å². The van der Waals surface area contributed by atoms with E-state index in [1.54, 1.807) is 22.9 Å². The van der Waals surface area contributed by atoms with Crippen LogP contribution in [0.4, 0.5) is 17.6 Å². The molecule has 174 valence electrons. The summed E-state index contributed by atoms with van der Waals surface area (Å²) in [6.45, 7) is 0.159. The van der Waals surface area contributed by atoms with Gasteiger partial charge in [-0.25, -0.2) is 4.39 Å². The van der Waals surface area contributed by atoms with Crippen LogP contribution >= 0.6 is 0 Å². The van der Waals surface area contributed by atoms with Gasteiger partial charge in [-0.05, 0) is 60.1 Å². The zero-order chi connectivity index (χ0) is 23.8. The molecule has 0 radical (unpaired) electrons. The summed E-state index contributed by atoms with van der Waals surface area (Å²) in [5, 5.41) is 13.1. The van der Waals surface area contributed by atoms with E-state index in [4.69, 9.17) is 0 Å². The number of benzene rings is 2. The molecule has 1 aromatic heterocycles. The molecule has 8 rings (SSSR count). The molecular formula is C25H18F4N2O3. The van der Waals surface area contributed by atoms with Gasteiger partial charge >= 0.3 is 12.1 Å². The fourth-order valence-corrected chi connectivity index (χ4v) is 7.77. The van der Waals surface area contributed by atoms with Crippen molar-refractivity contribution in [1.29, 1.82) is 0 Å². The number of rotatable bonds is 5. The van der Waals surface area contributed by atoms with Gasteiger partial charge in [0.15, 0.2) is 0 Å². The summed E-state index contributed by atoms with van der Waals surface area (Å²) >= 11 is 0. The molecule has 9 heteroatoms. The van der Waals surface area contributed by atoms with Crippen molar-refractivity contribution < 1.29 is 32.3 Å². The van der Waals surface area contributed by atoms with Crippen molar-refractivity contribution in [3.05, 3.63) is 71.2 Å². The third kappa shape index (κ3) is 1.96. The summed E-state index contributed by atoms with van der Waals surface area (Å²) in [5.41, 5.74) is -0.925. The van der Waals surface area contributed by atoms with Crippen LogP contribution in [0, 0.1) is 28.0 Å². The lowest BCUT2D eigenvalue weighted by Gasteiger charge is -2.61. The van der Waals surface area contributed by atoms with Crippen LogP contribution in [0.5, 0.6) is 0 Å². The first-order chi connectivity index (χ1) is 16.1. The highest BCUT2D eigenvalue weighted by Gasteiger charge is 3.20. The SMILES string of the molecule is O=C(NC1CC23CC4(C(=O)O)[C@@H]2[C@@]134)c1c(F)ccc2ccn(Cc3ccc(C(F)(F)F)cc3)c12. The molecule has 5 fully saturated rings. The monoisotopic (exact) mass is 470 g/mol. The largest absolute Gasteiger partial charge is 0.481 e. The van der Waals surface area contributed by atoms with Gasteiger partial charge in [0, 0.05) is 29.6 Å². The van der Waals surface area contributed by atoms with Crippen molar-refractivity contribution in [1.82, 2.24) is 9.88 Å². The van der Waals surface area contributed by atoms with Gasteiger partial charge in [-0.1, -0.05) is 12.1 Å². The molecule has 5 nitrogen and oxygen atoms in total. The first-order valence-corrected chi connectivity index (χ1v) is 11.1. The maximum Gasteiger partial charge on any atom is 0.416 e. The average Bonchev–Trinajstić information content (AvgIpc) is 3.34. The Kier molecular flexibility index (Phi) is 3.33. The van der Waals surface area contributed by atoms with E-state index in [-0.39, 0.29) is 34.9 Å². The number of carbonyl (C=O) groups excluding carboxylic acids is 1. The summed E-state index contributed by atoms with van der Waals surface area (Å²) in [7, 11) is 0. The molecule has 1 amide bonds. The molecule has 0 saturated heterocycles. The second-order valence-corrected chi connectivity index (χ2v) is 10.1. The summed E-state index contributed by atoms with van der Waals surface area (Å²) in [6, 6.07) is 8.92. The lowest BCUT2D eigenvalue weighted by atomic mass is 9.42. The van der Waals surface area contributed by atoms with Crippen molar-refractivity contribution in [2.24, 2.45) is 22.2 Å². The zero-order valence-corrected chi connectivity index (χ0v) is 17.6. The Labute approximate surface area is 190 Å². The summed E-state index contributed by atoms with van der Waals surface area (Å²) in [5.74, 6) is -1.97. The Balaban J connectivity index is 1.18. The average molecular weight is 470 g/mol. The normalized spacial score (nSPS) is 33.9. The fraction of sp³-hybridized carbons (Fsp3) is 0.360. The number of carboxylic acid groups (broad SMARTS) is 1. The first-order valence-electron chi connectivity index (χ1n) is 11.1. The van der Waals surface area contributed by atoms with Gasteiger partial charge in [0.05, 0.1) is 22.1 Å². The Morgan fingerprint density at radius 3 is 2.47 bits per heavy atom. The summed E-state index contributed by atoms with van der Waals surface area (Å²) in [4.78, 5) is 24.9. The van der Waals surface area contributed by atoms with Gasteiger partial charge in [-0.2, -0.15) is 13.2 Å². The predicted octanol–water partition coefficient (Wildman–Crippen LogP) is 4.44. The summed E-state index contributed by atoms with van der Waals surface area (Å²) < 4.78 is 55.2. The van der Waals surface area contributed by atoms with E-state index < -0.39 is 34.8 Å². The van der Waals surface area contributed by atoms with Gasteiger partial charge < -0.3 is 15.0 Å². The molecule has 0 aliphatic heterocycles. The van der Waals surface area contributed by atoms with E-state index in [2.05, 4.69) is 5.32 Å². The van der Waals surface area contributed by atoms with Crippen LogP contribution in [-0.2, 0) is 17.5 Å². The van der Waals surface area contributed by atoms with E-state index in [1.807, 2.05) is 0 Å². The predicted molar refractivity (Wildman–Crippen MR) is 111 cm³/mol. The van der Waals surface area contributed by atoms with Gasteiger partial charge in [0.1, 0.15) is 5.82 Å². The molecule has 1 heterocycles. The van der Waals surface area contributed by atoms with Crippen molar-refractivity contribution >= 4 is 22.8 Å². The summed E-state index contributed by atoms with van der Waals surface area (Å²) in [6.07, 6.45) is -1.37. The van der Waals surface area contributed by atoms with E-state index in [0.29, 0.717) is 22.9 Å². The minimum atomic E-state index is -4.44. The molecule has 34 heavy (non-hydrogen) atoms. The topological polar surface area (TPSA) is 71.3 Å². The molecule has 5 aliphatic rings. The van der Waals surface area contributed by atoms with Crippen LogP contribution in [0.15, 0.2) is 48.7 Å². The second-order valence-electron chi connectivity index (χ2n) is 10.1. The number of halogens is 4. The van der Waals surface area contributed by atoms with E-state index in [9.17, 15) is 32.3 Å². The highest BCUT2D eigenvalue weighted by molar-refractivity contribution is 6.07. The van der Waals surface area contributed by atoms with Crippen LogP contribution in [0.1, 0.15) is 34.3 Å². The number of aliphatic carboxylic acids is 1. The zero-order valence-electron chi connectivity index (χ0n) is 17.6. The minimum absolute atomic E-state index is 0.0800. The van der Waals surface area contributed by atoms with Gasteiger partial charge in [-0.3, -0.25) is 9.59 Å². The molecule has 2 N–H and O–H groups in total. The van der Waals surface area contributed by atoms with Crippen LogP contribution in [0.25, 0.3) is 10.9 Å². The lowest BCUT2D eigenvalue weighted by molar-refractivity contribution is -0.187. The lowest BCUT2D eigenvalue weighted by Crippen LogP contribution is -2.67. The first kappa shape index (κ1) is 20.1. The number of hydrogen-bond acceptors (Lipinski definition) is 2. The van der Waals surface area contributed by atoms with E-state index >= 15 is 0 Å². The second kappa shape index (κ2) is 5.64.